The number of piperazine rings is 1. The Labute approximate surface area is 287 Å². The molecule has 0 aliphatic carbocycles. The Morgan fingerprint density at radius 2 is 1.76 bits per heavy atom. The van der Waals surface area contributed by atoms with Crippen LogP contribution in [0.2, 0.25) is 0 Å². The Hall–Kier alpha value is -4.25. The van der Waals surface area contributed by atoms with Crippen molar-refractivity contribution in [3.8, 4) is 11.5 Å². The molecule has 0 spiro atoms. The zero-order chi connectivity index (χ0) is 36.3. The third kappa shape index (κ3) is 7.57. The Kier molecular flexibility index (Phi) is 11.1. The summed E-state index contributed by atoms with van der Waals surface area (Å²) in [7, 11) is 0. The molecular formula is C33H36F6N4O6S. The van der Waals surface area contributed by atoms with Crippen molar-refractivity contribution in [2.75, 3.05) is 50.8 Å². The van der Waals surface area contributed by atoms with Gasteiger partial charge in [0.05, 0.1) is 23.9 Å². The molecule has 0 bridgehead atoms. The number of halogens is 6. The summed E-state index contributed by atoms with van der Waals surface area (Å²) in [5, 5.41) is 10.3. The number of H-pyrrole nitrogens is 1. The van der Waals surface area contributed by atoms with Gasteiger partial charge >= 0.3 is 12.4 Å². The highest BCUT2D eigenvalue weighted by Gasteiger charge is 2.56. The maximum atomic E-state index is 14.7. The van der Waals surface area contributed by atoms with Gasteiger partial charge < -0.3 is 34.3 Å². The highest BCUT2D eigenvalue weighted by atomic mass is 32.1. The summed E-state index contributed by atoms with van der Waals surface area (Å²) < 4.78 is 94.8. The fourth-order valence-electron chi connectivity index (χ4n) is 6.62. The van der Waals surface area contributed by atoms with E-state index in [4.69, 9.17) is 9.47 Å². The minimum Gasteiger partial charge on any atom is -0.489 e. The van der Waals surface area contributed by atoms with Crippen LogP contribution in [0.1, 0.15) is 53.4 Å². The molecule has 17 heteroatoms. The van der Waals surface area contributed by atoms with E-state index in [0.717, 1.165) is 28.2 Å². The smallest absolute Gasteiger partial charge is 0.425 e. The second-order valence-corrected chi connectivity index (χ2v) is 12.9. The van der Waals surface area contributed by atoms with Crippen LogP contribution in [-0.4, -0.2) is 89.3 Å². The normalized spacial score (nSPS) is 20.2. The number of aromatic amines is 1. The minimum atomic E-state index is -5.05. The standard InChI is InChI=1S/C33H36F6N4O6S/c1-2-6-25-31(49-21-19-26(50-20-21)33(37,38)39,10-5-12-43(25)29(46)27-22(32(34,35)36)9-11-40-28(27)45)30(47)42-15-13-41(14-16-42)23-7-3-4-8-24(23)48-18-17-44/h3-4,7-9,11,19-20,25,44H,2,5-6,10,12-18H2,1H3,(H,40,45)/t25-,31+/m1/s1. The summed E-state index contributed by atoms with van der Waals surface area (Å²) in [6, 6.07) is 7.26. The van der Waals surface area contributed by atoms with Crippen LogP contribution in [0.5, 0.6) is 11.5 Å². The number of para-hydroxylation sites is 2. The van der Waals surface area contributed by atoms with Crippen molar-refractivity contribution in [2.24, 2.45) is 0 Å². The summed E-state index contributed by atoms with van der Waals surface area (Å²) in [4.78, 5) is 47.1. The number of aliphatic hydroxyl groups is 1. The van der Waals surface area contributed by atoms with Gasteiger partial charge in [0.25, 0.3) is 17.4 Å². The van der Waals surface area contributed by atoms with E-state index in [1.165, 1.54) is 4.90 Å². The molecule has 2 amide bonds. The van der Waals surface area contributed by atoms with E-state index in [-0.39, 0.29) is 57.9 Å². The molecule has 272 valence electrons. The largest absolute Gasteiger partial charge is 0.489 e. The third-order valence-corrected chi connectivity index (χ3v) is 9.76. The number of pyridine rings is 1. The molecule has 1 aromatic carbocycles. The lowest BCUT2D eigenvalue weighted by molar-refractivity contribution is -0.159. The number of nitrogens with zero attached hydrogens (tertiary/aromatic N) is 3. The number of hydrogen-bond acceptors (Lipinski definition) is 8. The molecule has 2 atom stereocenters. The number of ether oxygens (including phenoxy) is 2. The van der Waals surface area contributed by atoms with Crippen molar-refractivity contribution in [2.45, 2.75) is 56.6 Å². The molecule has 2 fully saturated rings. The summed E-state index contributed by atoms with van der Waals surface area (Å²) >= 11 is 0.361. The van der Waals surface area contributed by atoms with Gasteiger partial charge in [0, 0.05) is 56.8 Å². The SMILES string of the molecule is CCC[C@H]1N(C(=O)c2c(C(F)(F)F)cc[nH]c2=O)CCC[C@@]1(Oc1csc(C(F)(F)F)c1)C(=O)N1CCN(c2ccccc2OCCO)CC1. The molecule has 2 aromatic heterocycles. The van der Waals surface area contributed by atoms with Gasteiger partial charge in [0.15, 0.2) is 0 Å². The Bertz CT molecular complexity index is 1720. The van der Waals surface area contributed by atoms with Crippen LogP contribution in [0, 0.1) is 0 Å². The molecule has 2 aliphatic heterocycles. The molecule has 3 aromatic rings. The minimum absolute atomic E-state index is 0.0371. The molecule has 0 saturated carbocycles. The van der Waals surface area contributed by atoms with Crippen LogP contribution in [-0.2, 0) is 17.1 Å². The van der Waals surface area contributed by atoms with Crippen LogP contribution in [0.15, 0.2) is 52.8 Å². The lowest BCUT2D eigenvalue weighted by atomic mass is 9.79. The lowest BCUT2D eigenvalue weighted by Gasteiger charge is -2.50. The number of alkyl halides is 6. The molecule has 5 rings (SSSR count). The van der Waals surface area contributed by atoms with Gasteiger partial charge in [0.2, 0.25) is 5.60 Å². The number of carbonyl (C=O) groups excluding carboxylic acids is 2. The number of piperidine rings is 1. The van der Waals surface area contributed by atoms with Crippen LogP contribution >= 0.6 is 11.3 Å². The molecule has 10 nitrogen and oxygen atoms in total. The van der Waals surface area contributed by atoms with E-state index in [0.29, 0.717) is 42.7 Å². The number of amides is 2. The fraction of sp³-hybridized carbons (Fsp3) is 0.485. The monoisotopic (exact) mass is 730 g/mol. The molecular weight excluding hydrogens is 694 g/mol. The summed E-state index contributed by atoms with van der Waals surface area (Å²) in [5.41, 5.74) is -5.12. The van der Waals surface area contributed by atoms with E-state index in [1.807, 2.05) is 17.0 Å². The van der Waals surface area contributed by atoms with Gasteiger partial charge in [-0.05, 0) is 31.0 Å². The number of nitrogens with one attached hydrogen (secondary N) is 1. The number of carbonyl (C=O) groups is 2. The number of aliphatic hydroxyl groups excluding tert-OH is 1. The Morgan fingerprint density at radius 3 is 2.40 bits per heavy atom. The van der Waals surface area contributed by atoms with Gasteiger partial charge in [-0.3, -0.25) is 14.4 Å². The molecule has 50 heavy (non-hydrogen) atoms. The highest BCUT2D eigenvalue weighted by molar-refractivity contribution is 7.10. The quantitative estimate of drug-likeness (QED) is 0.268. The summed E-state index contributed by atoms with van der Waals surface area (Å²) in [6.45, 7) is 2.38. The Morgan fingerprint density at radius 1 is 1.04 bits per heavy atom. The average Bonchev–Trinajstić information content (AvgIpc) is 3.56. The second-order valence-electron chi connectivity index (χ2n) is 12.0. The number of anilines is 1. The van der Waals surface area contributed by atoms with Crippen LogP contribution in [0.25, 0.3) is 0 Å². The van der Waals surface area contributed by atoms with E-state index in [2.05, 4.69) is 4.98 Å². The predicted molar refractivity (Wildman–Crippen MR) is 172 cm³/mol. The predicted octanol–water partition coefficient (Wildman–Crippen LogP) is 5.42. The van der Waals surface area contributed by atoms with Crippen LogP contribution in [0.4, 0.5) is 32.0 Å². The van der Waals surface area contributed by atoms with Crippen molar-refractivity contribution in [1.82, 2.24) is 14.8 Å². The number of likely N-dealkylation sites (tertiary alicyclic amines) is 1. The number of aromatic nitrogens is 1. The first-order chi connectivity index (χ1) is 23.7. The van der Waals surface area contributed by atoms with Crippen LogP contribution < -0.4 is 19.9 Å². The number of rotatable bonds is 10. The summed E-state index contributed by atoms with van der Waals surface area (Å²) in [5.74, 6) is -1.63. The molecule has 4 heterocycles. The molecule has 0 unspecified atom stereocenters. The Balaban J connectivity index is 1.52. The van der Waals surface area contributed by atoms with Crippen LogP contribution in [0.3, 0.4) is 0 Å². The number of thiophene rings is 1. The molecule has 2 N–H and O–H groups in total. The highest BCUT2D eigenvalue weighted by Crippen LogP contribution is 2.43. The third-order valence-electron chi connectivity index (χ3n) is 8.80. The lowest BCUT2D eigenvalue weighted by Crippen LogP contribution is -2.69. The van der Waals surface area contributed by atoms with Crippen molar-refractivity contribution in [1.29, 1.82) is 0 Å². The maximum Gasteiger partial charge on any atom is 0.425 e. The second kappa shape index (κ2) is 14.9. The molecule has 0 radical (unpaired) electrons. The first-order valence-electron chi connectivity index (χ1n) is 16.0. The number of benzene rings is 1. The van der Waals surface area contributed by atoms with Gasteiger partial charge in [-0.2, -0.15) is 26.3 Å². The van der Waals surface area contributed by atoms with E-state index in [9.17, 15) is 45.8 Å². The zero-order valence-corrected chi connectivity index (χ0v) is 27.8. The van der Waals surface area contributed by atoms with Gasteiger partial charge in [-0.1, -0.05) is 25.5 Å². The maximum absolute atomic E-state index is 14.7. The molecule has 2 aliphatic rings. The van der Waals surface area contributed by atoms with Gasteiger partial charge in [0.1, 0.15) is 28.5 Å². The van der Waals surface area contributed by atoms with E-state index in [1.54, 1.807) is 19.1 Å². The van der Waals surface area contributed by atoms with E-state index >= 15 is 0 Å². The zero-order valence-electron chi connectivity index (χ0n) is 27.0. The number of hydrogen-bond donors (Lipinski definition) is 2. The van der Waals surface area contributed by atoms with Crippen molar-refractivity contribution < 1.29 is 50.5 Å². The summed E-state index contributed by atoms with van der Waals surface area (Å²) in [6.07, 6.45) is -8.61. The molecule has 2 saturated heterocycles. The van der Waals surface area contributed by atoms with E-state index < -0.39 is 57.4 Å². The van der Waals surface area contributed by atoms with Gasteiger partial charge in [-0.15, -0.1) is 11.3 Å². The van der Waals surface area contributed by atoms with Crippen molar-refractivity contribution >= 4 is 28.8 Å². The fourth-order valence-corrected chi connectivity index (χ4v) is 7.30. The average molecular weight is 731 g/mol. The first-order valence-corrected chi connectivity index (χ1v) is 16.9. The topological polar surface area (TPSA) is 115 Å². The van der Waals surface area contributed by atoms with Crippen molar-refractivity contribution in [3.05, 3.63) is 74.3 Å². The van der Waals surface area contributed by atoms with Gasteiger partial charge in [-0.25, -0.2) is 0 Å². The first kappa shape index (κ1) is 37.0. The van der Waals surface area contributed by atoms with Crippen molar-refractivity contribution in [3.63, 3.8) is 0 Å².